The second-order valence-corrected chi connectivity index (χ2v) is 7.43. The zero-order chi connectivity index (χ0) is 23.1. The molecule has 0 aliphatic carbocycles. The van der Waals surface area contributed by atoms with Crippen LogP contribution in [0.1, 0.15) is 53.9 Å². The van der Waals surface area contributed by atoms with E-state index < -0.39 is 11.9 Å². The fourth-order valence-corrected chi connectivity index (χ4v) is 2.90. The third kappa shape index (κ3) is 11.1. The molecule has 30 heavy (non-hydrogen) atoms. The van der Waals surface area contributed by atoms with Gasteiger partial charge < -0.3 is 20.3 Å². The normalized spacial score (nSPS) is 14.1. The van der Waals surface area contributed by atoms with Crippen LogP contribution < -0.4 is 10.6 Å². The molecule has 0 saturated carbocycles. The van der Waals surface area contributed by atoms with Gasteiger partial charge in [-0.2, -0.15) is 0 Å². The van der Waals surface area contributed by atoms with Crippen LogP contribution in [0.3, 0.4) is 0 Å². The van der Waals surface area contributed by atoms with E-state index in [-0.39, 0.29) is 24.3 Å². The first-order valence-corrected chi connectivity index (χ1v) is 10.8. The molecule has 0 heterocycles. The van der Waals surface area contributed by atoms with E-state index in [0.717, 1.165) is 30.6 Å². The van der Waals surface area contributed by atoms with Crippen molar-refractivity contribution in [2.75, 3.05) is 33.3 Å². The molecule has 2 atom stereocenters. The van der Waals surface area contributed by atoms with Crippen LogP contribution in [0.2, 0.25) is 0 Å². The van der Waals surface area contributed by atoms with Crippen molar-refractivity contribution in [2.24, 2.45) is 5.92 Å². The highest BCUT2D eigenvalue weighted by Gasteiger charge is 2.27. The number of ether oxygens (including phenoxy) is 1. The van der Waals surface area contributed by atoms with Crippen molar-refractivity contribution in [3.63, 3.8) is 0 Å². The fourth-order valence-electron chi connectivity index (χ4n) is 2.90. The van der Waals surface area contributed by atoms with Crippen LogP contribution in [0.4, 0.5) is 4.39 Å². The summed E-state index contributed by atoms with van der Waals surface area (Å²) in [6.45, 7) is 14.4. The lowest BCUT2D eigenvalue weighted by Crippen LogP contribution is -2.51. The first-order chi connectivity index (χ1) is 14.2. The van der Waals surface area contributed by atoms with E-state index in [9.17, 15) is 14.0 Å². The van der Waals surface area contributed by atoms with Crippen LogP contribution in [0.25, 0.3) is 0 Å². The lowest BCUT2D eigenvalue weighted by atomic mass is 9.98. The summed E-state index contributed by atoms with van der Waals surface area (Å²) in [5.74, 6) is 0.0624. The van der Waals surface area contributed by atoms with Gasteiger partial charge in [0.15, 0.2) is 0 Å². The minimum Gasteiger partial charge on any atom is -0.497 e. The molecule has 2 amide bonds. The number of nitrogens with zero attached hydrogens (tertiary/aromatic N) is 1. The van der Waals surface area contributed by atoms with E-state index in [4.69, 9.17) is 4.74 Å². The lowest BCUT2D eigenvalue weighted by Gasteiger charge is -2.28. The van der Waals surface area contributed by atoms with Gasteiger partial charge in [0.2, 0.25) is 11.8 Å². The molecule has 172 valence electrons. The Balaban J connectivity index is 4.90. The monoisotopic (exact) mass is 425 g/mol. The molecule has 0 fully saturated rings. The number of amides is 2. The van der Waals surface area contributed by atoms with E-state index in [0.29, 0.717) is 19.7 Å². The number of nitrogens with one attached hydrogen (secondary N) is 2. The van der Waals surface area contributed by atoms with Crippen LogP contribution in [0, 0.1) is 5.92 Å². The van der Waals surface area contributed by atoms with Gasteiger partial charge in [-0.15, -0.1) is 0 Å². The van der Waals surface area contributed by atoms with Crippen LogP contribution in [0.15, 0.2) is 35.9 Å². The lowest BCUT2D eigenvalue weighted by molar-refractivity contribution is -0.137. The van der Waals surface area contributed by atoms with Gasteiger partial charge in [-0.3, -0.25) is 9.59 Å². The van der Waals surface area contributed by atoms with Crippen molar-refractivity contribution in [3.05, 3.63) is 35.9 Å². The van der Waals surface area contributed by atoms with Gasteiger partial charge >= 0.3 is 0 Å². The standard InChI is InChI=1S/C23H40FN3O3/c1-8-11-20(13-12-18(5)24)19(6)30-15-14-26-22(17(4)9-2)23(29)27(7)16-21(28)25-10-3/h12-13,17,22,26H,5,8-11,14-16H2,1-4,6-7H3,(H,25,28)/b13-12-,20-19+. The van der Waals surface area contributed by atoms with Gasteiger partial charge in [0.05, 0.1) is 18.3 Å². The summed E-state index contributed by atoms with van der Waals surface area (Å²) >= 11 is 0. The average Bonchev–Trinajstić information content (AvgIpc) is 2.69. The molecule has 0 aromatic heterocycles. The molecule has 0 aromatic rings. The maximum Gasteiger partial charge on any atom is 0.240 e. The highest BCUT2D eigenvalue weighted by molar-refractivity contribution is 5.87. The van der Waals surface area contributed by atoms with Crippen molar-refractivity contribution in [2.45, 2.75) is 59.9 Å². The summed E-state index contributed by atoms with van der Waals surface area (Å²) in [7, 11) is 1.64. The molecular weight excluding hydrogens is 385 g/mol. The highest BCUT2D eigenvalue weighted by atomic mass is 19.1. The second-order valence-electron chi connectivity index (χ2n) is 7.43. The molecule has 2 unspecified atom stereocenters. The van der Waals surface area contributed by atoms with Crippen molar-refractivity contribution >= 4 is 11.8 Å². The van der Waals surface area contributed by atoms with Crippen LogP contribution in [0.5, 0.6) is 0 Å². The van der Waals surface area contributed by atoms with Gasteiger partial charge in [0, 0.05) is 20.1 Å². The van der Waals surface area contributed by atoms with E-state index in [1.807, 2.05) is 34.6 Å². The summed E-state index contributed by atoms with van der Waals surface area (Å²) < 4.78 is 18.7. The summed E-state index contributed by atoms with van der Waals surface area (Å²) in [4.78, 5) is 26.1. The van der Waals surface area contributed by atoms with Crippen molar-refractivity contribution in [3.8, 4) is 0 Å². The Morgan fingerprint density at radius 1 is 1.23 bits per heavy atom. The molecule has 0 radical (unpaired) electrons. The van der Waals surface area contributed by atoms with Gasteiger partial charge in [-0.25, -0.2) is 4.39 Å². The number of carbonyl (C=O) groups is 2. The van der Waals surface area contributed by atoms with Gasteiger partial charge in [-0.1, -0.05) is 46.3 Å². The summed E-state index contributed by atoms with van der Waals surface area (Å²) in [5, 5.41) is 5.97. The number of likely N-dealkylation sites (N-methyl/N-ethyl adjacent to an activating group) is 2. The Bertz CT molecular complexity index is 617. The topological polar surface area (TPSA) is 70.7 Å². The zero-order valence-electron chi connectivity index (χ0n) is 19.5. The largest absolute Gasteiger partial charge is 0.497 e. The van der Waals surface area contributed by atoms with E-state index in [1.165, 1.54) is 11.0 Å². The molecule has 0 spiro atoms. The Morgan fingerprint density at radius 2 is 1.90 bits per heavy atom. The summed E-state index contributed by atoms with van der Waals surface area (Å²) in [6.07, 6.45) is 5.55. The van der Waals surface area contributed by atoms with E-state index in [1.54, 1.807) is 13.1 Å². The van der Waals surface area contributed by atoms with Crippen LogP contribution >= 0.6 is 0 Å². The van der Waals surface area contributed by atoms with Gasteiger partial charge in [0.1, 0.15) is 12.4 Å². The first-order valence-electron chi connectivity index (χ1n) is 10.8. The number of hydrogen-bond acceptors (Lipinski definition) is 4. The molecule has 0 bridgehead atoms. The average molecular weight is 426 g/mol. The number of allylic oxidation sites excluding steroid dienone is 5. The smallest absolute Gasteiger partial charge is 0.240 e. The Kier molecular flexibility index (Phi) is 14.5. The van der Waals surface area contributed by atoms with Gasteiger partial charge in [-0.05, 0) is 37.8 Å². The molecule has 0 aliphatic heterocycles. The summed E-state index contributed by atoms with van der Waals surface area (Å²) in [6, 6.07) is -0.396. The van der Waals surface area contributed by atoms with E-state index in [2.05, 4.69) is 17.2 Å². The van der Waals surface area contributed by atoms with Crippen molar-refractivity contribution in [1.82, 2.24) is 15.5 Å². The Morgan fingerprint density at radius 3 is 2.43 bits per heavy atom. The Labute approximate surface area is 181 Å². The van der Waals surface area contributed by atoms with Crippen LogP contribution in [-0.4, -0.2) is 56.0 Å². The number of halogens is 1. The van der Waals surface area contributed by atoms with Crippen LogP contribution in [-0.2, 0) is 14.3 Å². The molecule has 0 aromatic carbocycles. The maximum atomic E-state index is 12.9. The predicted molar refractivity (Wildman–Crippen MR) is 121 cm³/mol. The minimum absolute atomic E-state index is 0.0339. The van der Waals surface area contributed by atoms with Gasteiger partial charge in [0.25, 0.3) is 0 Å². The van der Waals surface area contributed by atoms with Crippen molar-refractivity contribution in [1.29, 1.82) is 0 Å². The maximum absolute atomic E-state index is 12.9. The minimum atomic E-state index is -0.496. The molecule has 2 N–H and O–H groups in total. The third-order valence-electron chi connectivity index (χ3n) is 4.83. The molecule has 6 nitrogen and oxygen atoms in total. The SMILES string of the molecule is C=C(F)/C=C\C(CCC)=C(/C)OCCNC(C(=O)N(C)CC(=O)NCC)C(C)CC. The molecule has 0 saturated heterocycles. The number of carbonyl (C=O) groups excluding carboxylic acids is 2. The highest BCUT2D eigenvalue weighted by Crippen LogP contribution is 2.15. The quantitative estimate of drug-likeness (QED) is 0.238. The molecule has 7 heteroatoms. The Hall–Kier alpha value is -2.15. The summed E-state index contributed by atoms with van der Waals surface area (Å²) in [5.41, 5.74) is 0.924. The molecule has 0 aliphatic rings. The third-order valence-corrected chi connectivity index (χ3v) is 4.83. The number of rotatable bonds is 15. The predicted octanol–water partition coefficient (Wildman–Crippen LogP) is 3.72. The second kappa shape index (κ2) is 15.7. The first kappa shape index (κ1) is 27.8. The molecular formula is C23H40FN3O3. The zero-order valence-corrected chi connectivity index (χ0v) is 19.5. The fraction of sp³-hybridized carbons (Fsp3) is 0.652. The molecule has 0 rings (SSSR count). The van der Waals surface area contributed by atoms with E-state index >= 15 is 0 Å². The van der Waals surface area contributed by atoms with Crippen molar-refractivity contribution < 1.29 is 18.7 Å². The number of hydrogen-bond donors (Lipinski definition) is 2.